The highest BCUT2D eigenvalue weighted by Crippen LogP contribution is 2.22. The molecule has 0 aliphatic heterocycles. The van der Waals surface area contributed by atoms with Crippen LogP contribution in [-0.2, 0) is 19.5 Å². The molecule has 0 saturated heterocycles. The van der Waals surface area contributed by atoms with Crippen molar-refractivity contribution in [1.82, 2.24) is 15.1 Å². The fraction of sp³-hybridized carbons (Fsp3) is 0.312. The third-order valence-corrected chi connectivity index (χ3v) is 4.66. The summed E-state index contributed by atoms with van der Waals surface area (Å²) in [5, 5.41) is 9.21. The number of aromatic nitrogens is 2. The van der Waals surface area contributed by atoms with Crippen LogP contribution in [-0.4, -0.2) is 16.8 Å². The summed E-state index contributed by atoms with van der Waals surface area (Å²) in [5.74, 6) is 0. The molecule has 0 bridgehead atoms. The van der Waals surface area contributed by atoms with Crippen LogP contribution in [0, 0.1) is 0 Å². The smallest absolute Gasteiger partial charge is 0.0841 e. The molecular weight excluding hydrogens is 266 g/mol. The Balaban J connectivity index is 1.98. The third-order valence-electron chi connectivity index (χ3n) is 3.45. The zero-order valence-electron chi connectivity index (χ0n) is 11.9. The number of hydrogen-bond donors (Lipinski definition) is 1. The first-order valence-corrected chi connectivity index (χ1v) is 7.80. The molecule has 0 saturated carbocycles. The summed E-state index contributed by atoms with van der Waals surface area (Å²) in [6.45, 7) is 3.86. The Morgan fingerprint density at radius 2 is 1.95 bits per heavy atom. The molecule has 0 aliphatic rings. The molecular formula is C16H19N3S. The van der Waals surface area contributed by atoms with Gasteiger partial charge in [-0.15, -0.1) is 11.3 Å². The lowest BCUT2D eigenvalue weighted by atomic mass is 10.2. The highest BCUT2D eigenvalue weighted by molar-refractivity contribution is 7.11. The van der Waals surface area contributed by atoms with Crippen molar-refractivity contribution in [1.29, 1.82) is 0 Å². The van der Waals surface area contributed by atoms with Gasteiger partial charge in [-0.25, -0.2) is 0 Å². The van der Waals surface area contributed by atoms with E-state index in [-0.39, 0.29) is 0 Å². The van der Waals surface area contributed by atoms with Crippen molar-refractivity contribution in [3.63, 3.8) is 0 Å². The number of nitrogens with one attached hydrogen (secondary N) is 1. The zero-order valence-corrected chi connectivity index (χ0v) is 12.7. The van der Waals surface area contributed by atoms with E-state index in [0.29, 0.717) is 0 Å². The molecule has 2 aromatic heterocycles. The number of nitrogens with zero attached hydrogens (tertiary/aromatic N) is 2. The second kappa shape index (κ2) is 5.77. The number of fused-ring (bicyclic) bond motifs is 1. The third kappa shape index (κ3) is 2.49. The van der Waals surface area contributed by atoms with E-state index in [2.05, 4.69) is 53.3 Å². The van der Waals surface area contributed by atoms with Crippen LogP contribution in [0.5, 0.6) is 0 Å². The predicted octanol–water partition coefficient (Wildman–Crippen LogP) is 3.43. The van der Waals surface area contributed by atoms with Gasteiger partial charge in [0.15, 0.2) is 0 Å². The SMILES string of the molecule is CCc1ccc(Cn2nc(CNC)c3ccccc32)s1. The van der Waals surface area contributed by atoms with Crippen LogP contribution in [0.25, 0.3) is 10.9 Å². The van der Waals surface area contributed by atoms with Crippen LogP contribution in [0.1, 0.15) is 22.4 Å². The predicted molar refractivity (Wildman–Crippen MR) is 85.3 cm³/mol. The molecule has 2 heterocycles. The minimum absolute atomic E-state index is 0.804. The minimum atomic E-state index is 0.804. The van der Waals surface area contributed by atoms with Crippen molar-refractivity contribution in [3.05, 3.63) is 51.8 Å². The van der Waals surface area contributed by atoms with Gasteiger partial charge in [0.25, 0.3) is 0 Å². The van der Waals surface area contributed by atoms with E-state index in [9.17, 15) is 0 Å². The molecule has 4 heteroatoms. The summed E-state index contributed by atoms with van der Waals surface area (Å²) < 4.78 is 2.12. The molecule has 3 aromatic rings. The van der Waals surface area contributed by atoms with E-state index >= 15 is 0 Å². The van der Waals surface area contributed by atoms with Gasteiger partial charge in [-0.1, -0.05) is 25.1 Å². The van der Waals surface area contributed by atoms with Crippen molar-refractivity contribution in [2.24, 2.45) is 0 Å². The highest BCUT2D eigenvalue weighted by atomic mass is 32.1. The highest BCUT2D eigenvalue weighted by Gasteiger charge is 2.10. The lowest BCUT2D eigenvalue weighted by molar-refractivity contribution is 0.682. The van der Waals surface area contributed by atoms with E-state index in [1.165, 1.54) is 20.7 Å². The van der Waals surface area contributed by atoms with Crippen LogP contribution in [0.15, 0.2) is 36.4 Å². The Morgan fingerprint density at radius 1 is 1.15 bits per heavy atom. The lowest BCUT2D eigenvalue weighted by Crippen LogP contribution is -2.07. The van der Waals surface area contributed by atoms with Gasteiger partial charge in [0.2, 0.25) is 0 Å². The fourth-order valence-electron chi connectivity index (χ4n) is 2.46. The Bertz CT molecular complexity index is 711. The molecule has 20 heavy (non-hydrogen) atoms. The summed E-state index contributed by atoms with van der Waals surface area (Å²) in [6.07, 6.45) is 1.11. The topological polar surface area (TPSA) is 29.9 Å². The summed E-state index contributed by atoms with van der Waals surface area (Å²) >= 11 is 1.88. The van der Waals surface area contributed by atoms with Crippen LogP contribution < -0.4 is 5.32 Å². The van der Waals surface area contributed by atoms with Gasteiger partial charge in [0.05, 0.1) is 17.8 Å². The molecule has 3 nitrogen and oxygen atoms in total. The van der Waals surface area contributed by atoms with Gasteiger partial charge in [-0.05, 0) is 31.7 Å². The van der Waals surface area contributed by atoms with E-state index in [1.807, 2.05) is 18.4 Å². The Labute approximate surface area is 123 Å². The lowest BCUT2D eigenvalue weighted by Gasteiger charge is -2.00. The molecule has 104 valence electrons. The van der Waals surface area contributed by atoms with Gasteiger partial charge < -0.3 is 5.32 Å². The maximum absolute atomic E-state index is 4.77. The van der Waals surface area contributed by atoms with Gasteiger partial charge in [0, 0.05) is 21.7 Å². The molecule has 0 spiro atoms. The number of aryl methyl sites for hydroxylation is 1. The number of hydrogen-bond acceptors (Lipinski definition) is 3. The monoisotopic (exact) mass is 285 g/mol. The summed E-state index contributed by atoms with van der Waals surface area (Å²) in [6, 6.07) is 12.9. The fourth-order valence-corrected chi connectivity index (χ4v) is 3.40. The first kappa shape index (κ1) is 13.3. The van der Waals surface area contributed by atoms with Crippen molar-refractivity contribution < 1.29 is 0 Å². The quantitative estimate of drug-likeness (QED) is 0.778. The Kier molecular flexibility index (Phi) is 3.85. The summed E-state index contributed by atoms with van der Waals surface area (Å²) in [4.78, 5) is 2.80. The van der Waals surface area contributed by atoms with Crippen molar-refractivity contribution in [2.45, 2.75) is 26.4 Å². The zero-order chi connectivity index (χ0) is 13.9. The Morgan fingerprint density at radius 3 is 2.70 bits per heavy atom. The molecule has 0 fully saturated rings. The first-order chi connectivity index (χ1) is 9.81. The molecule has 0 radical (unpaired) electrons. The van der Waals surface area contributed by atoms with Gasteiger partial charge in [-0.2, -0.15) is 5.10 Å². The average Bonchev–Trinajstić information content (AvgIpc) is 3.06. The van der Waals surface area contributed by atoms with Crippen LogP contribution >= 0.6 is 11.3 Å². The van der Waals surface area contributed by atoms with Crippen LogP contribution in [0.4, 0.5) is 0 Å². The van der Waals surface area contributed by atoms with Gasteiger partial charge in [0.1, 0.15) is 0 Å². The normalized spacial score (nSPS) is 11.3. The first-order valence-electron chi connectivity index (χ1n) is 6.98. The molecule has 0 atom stereocenters. The van der Waals surface area contributed by atoms with Crippen molar-refractivity contribution in [3.8, 4) is 0 Å². The van der Waals surface area contributed by atoms with E-state index in [1.54, 1.807) is 0 Å². The standard InChI is InChI=1S/C16H19N3S/c1-3-12-8-9-13(20-12)11-19-16-7-5-4-6-14(16)15(18-19)10-17-2/h4-9,17H,3,10-11H2,1-2H3. The number of benzene rings is 1. The van der Waals surface area contributed by atoms with Crippen molar-refractivity contribution in [2.75, 3.05) is 7.05 Å². The number of para-hydroxylation sites is 1. The van der Waals surface area contributed by atoms with Crippen molar-refractivity contribution >= 4 is 22.2 Å². The minimum Gasteiger partial charge on any atom is -0.314 e. The molecule has 1 N–H and O–H groups in total. The maximum Gasteiger partial charge on any atom is 0.0841 e. The number of rotatable bonds is 5. The molecule has 3 rings (SSSR count). The molecule has 0 unspecified atom stereocenters. The largest absolute Gasteiger partial charge is 0.314 e. The van der Waals surface area contributed by atoms with E-state index < -0.39 is 0 Å². The second-order valence-corrected chi connectivity index (χ2v) is 6.13. The molecule has 1 aromatic carbocycles. The van der Waals surface area contributed by atoms with Gasteiger partial charge in [-0.3, -0.25) is 4.68 Å². The summed E-state index contributed by atoms with van der Waals surface area (Å²) in [7, 11) is 1.96. The second-order valence-electron chi connectivity index (χ2n) is 4.87. The van der Waals surface area contributed by atoms with E-state index in [0.717, 1.165) is 25.2 Å². The molecule has 0 aliphatic carbocycles. The average molecular weight is 285 g/mol. The van der Waals surface area contributed by atoms with Crippen LogP contribution in [0.2, 0.25) is 0 Å². The Hall–Kier alpha value is -1.65. The maximum atomic E-state index is 4.77. The molecule has 0 amide bonds. The van der Waals surface area contributed by atoms with Crippen LogP contribution in [0.3, 0.4) is 0 Å². The number of thiophene rings is 1. The van der Waals surface area contributed by atoms with E-state index in [4.69, 9.17) is 5.10 Å². The summed E-state index contributed by atoms with van der Waals surface area (Å²) in [5.41, 5.74) is 2.33. The van der Waals surface area contributed by atoms with Gasteiger partial charge >= 0.3 is 0 Å².